The topological polar surface area (TPSA) is 66.4 Å². The lowest BCUT2D eigenvalue weighted by Gasteiger charge is -2.29. The Bertz CT molecular complexity index is 586. The standard InChI is InChI=1S/C16H18F3NO3/c17-16(18,19)13-6-2-4-11(8-13)14(21)20-9-10-3-1-5-12(7-10)15(22)23/h1,3,5,7,11,13H,2,4,6,8-9H2,(H,20,21)(H,22,23)/t11-,13+/m1/s1. The molecule has 0 bridgehead atoms. The van der Waals surface area contributed by atoms with E-state index in [1.165, 1.54) is 12.1 Å². The molecule has 1 amide bonds. The van der Waals surface area contributed by atoms with Gasteiger partial charge in [-0.2, -0.15) is 13.2 Å². The van der Waals surface area contributed by atoms with Crippen LogP contribution in [0.5, 0.6) is 0 Å². The molecule has 0 heterocycles. The quantitative estimate of drug-likeness (QED) is 0.890. The Kier molecular flexibility index (Phi) is 5.28. The number of nitrogens with one attached hydrogen (secondary N) is 1. The van der Waals surface area contributed by atoms with Gasteiger partial charge in [-0.15, -0.1) is 0 Å². The van der Waals surface area contributed by atoms with Gasteiger partial charge < -0.3 is 10.4 Å². The number of carbonyl (C=O) groups excluding carboxylic acids is 1. The van der Waals surface area contributed by atoms with Gasteiger partial charge in [0, 0.05) is 12.5 Å². The fourth-order valence-corrected chi connectivity index (χ4v) is 2.87. The molecule has 126 valence electrons. The molecule has 2 N–H and O–H groups in total. The molecule has 1 aliphatic carbocycles. The van der Waals surface area contributed by atoms with Gasteiger partial charge in [0.1, 0.15) is 0 Å². The van der Waals surface area contributed by atoms with E-state index in [1.54, 1.807) is 12.1 Å². The molecule has 4 nitrogen and oxygen atoms in total. The predicted molar refractivity (Wildman–Crippen MR) is 76.8 cm³/mol. The van der Waals surface area contributed by atoms with Crippen LogP contribution in [0.4, 0.5) is 13.2 Å². The summed E-state index contributed by atoms with van der Waals surface area (Å²) in [6, 6.07) is 6.09. The Balaban J connectivity index is 1.92. The van der Waals surface area contributed by atoms with Crippen LogP contribution in [-0.2, 0) is 11.3 Å². The van der Waals surface area contributed by atoms with Gasteiger partial charge in [-0.1, -0.05) is 18.6 Å². The molecular weight excluding hydrogens is 311 g/mol. The lowest BCUT2D eigenvalue weighted by atomic mass is 9.80. The first kappa shape index (κ1) is 17.3. The van der Waals surface area contributed by atoms with Gasteiger partial charge in [-0.25, -0.2) is 4.79 Å². The molecular formula is C16H18F3NO3. The highest BCUT2D eigenvalue weighted by molar-refractivity contribution is 5.87. The number of hydrogen-bond acceptors (Lipinski definition) is 2. The van der Waals surface area contributed by atoms with Crippen LogP contribution in [-0.4, -0.2) is 23.2 Å². The third kappa shape index (κ3) is 4.71. The van der Waals surface area contributed by atoms with Crippen LogP contribution in [0.1, 0.15) is 41.6 Å². The predicted octanol–water partition coefficient (Wildman–Crippen LogP) is 3.37. The summed E-state index contributed by atoms with van der Waals surface area (Å²) in [5.74, 6) is -3.53. The van der Waals surface area contributed by atoms with Crippen LogP contribution >= 0.6 is 0 Å². The van der Waals surface area contributed by atoms with Gasteiger partial charge in [-0.05, 0) is 37.0 Å². The molecule has 23 heavy (non-hydrogen) atoms. The zero-order chi connectivity index (χ0) is 17.0. The summed E-state index contributed by atoms with van der Waals surface area (Å²) in [7, 11) is 0. The van der Waals surface area contributed by atoms with Crippen LogP contribution in [0.15, 0.2) is 24.3 Å². The first-order chi connectivity index (χ1) is 10.8. The minimum atomic E-state index is -4.26. The maximum atomic E-state index is 12.8. The molecule has 0 aromatic heterocycles. The molecule has 0 unspecified atom stereocenters. The van der Waals surface area contributed by atoms with Crippen molar-refractivity contribution in [2.24, 2.45) is 11.8 Å². The van der Waals surface area contributed by atoms with Crippen molar-refractivity contribution in [1.82, 2.24) is 5.32 Å². The fourth-order valence-electron chi connectivity index (χ4n) is 2.87. The monoisotopic (exact) mass is 329 g/mol. The third-order valence-electron chi connectivity index (χ3n) is 4.15. The van der Waals surface area contributed by atoms with E-state index in [9.17, 15) is 22.8 Å². The lowest BCUT2D eigenvalue weighted by Crippen LogP contribution is -2.37. The second kappa shape index (κ2) is 7.02. The van der Waals surface area contributed by atoms with Crippen molar-refractivity contribution in [3.63, 3.8) is 0 Å². The van der Waals surface area contributed by atoms with Crippen LogP contribution < -0.4 is 5.32 Å². The Labute approximate surface area is 131 Å². The molecule has 2 rings (SSSR count). The van der Waals surface area contributed by atoms with Crippen molar-refractivity contribution >= 4 is 11.9 Å². The second-order valence-corrected chi connectivity index (χ2v) is 5.83. The number of halogens is 3. The third-order valence-corrected chi connectivity index (χ3v) is 4.15. The normalized spacial score (nSPS) is 21.7. The maximum absolute atomic E-state index is 12.8. The van der Waals surface area contributed by atoms with E-state index in [1.807, 2.05) is 0 Å². The van der Waals surface area contributed by atoms with Crippen LogP contribution in [0.25, 0.3) is 0 Å². The van der Waals surface area contributed by atoms with Gasteiger partial charge in [0.2, 0.25) is 5.91 Å². The van der Waals surface area contributed by atoms with Gasteiger partial charge in [0.15, 0.2) is 0 Å². The van der Waals surface area contributed by atoms with Gasteiger partial charge >= 0.3 is 12.1 Å². The maximum Gasteiger partial charge on any atom is 0.391 e. The van der Waals surface area contributed by atoms with Crippen LogP contribution in [0.3, 0.4) is 0 Å². The average Bonchev–Trinajstić information content (AvgIpc) is 2.52. The Morgan fingerprint density at radius 1 is 1.26 bits per heavy atom. The highest BCUT2D eigenvalue weighted by Gasteiger charge is 2.43. The van der Waals surface area contributed by atoms with Crippen molar-refractivity contribution in [3.8, 4) is 0 Å². The van der Waals surface area contributed by atoms with Gasteiger partial charge in [-0.3, -0.25) is 4.79 Å². The minimum absolute atomic E-state index is 0.0773. The number of benzene rings is 1. The summed E-state index contributed by atoms with van der Waals surface area (Å²) in [6.45, 7) is 0.104. The summed E-state index contributed by atoms with van der Waals surface area (Å²) >= 11 is 0. The summed E-state index contributed by atoms with van der Waals surface area (Å²) < 4.78 is 38.3. The molecule has 7 heteroatoms. The second-order valence-electron chi connectivity index (χ2n) is 5.83. The van der Waals surface area contributed by atoms with Gasteiger partial charge in [0.25, 0.3) is 0 Å². The summed E-state index contributed by atoms with van der Waals surface area (Å²) in [5, 5.41) is 11.5. The van der Waals surface area contributed by atoms with E-state index >= 15 is 0 Å². The van der Waals surface area contributed by atoms with Gasteiger partial charge in [0.05, 0.1) is 11.5 Å². The van der Waals surface area contributed by atoms with E-state index in [-0.39, 0.29) is 24.9 Å². The average molecular weight is 329 g/mol. The van der Waals surface area contributed by atoms with Crippen molar-refractivity contribution in [1.29, 1.82) is 0 Å². The van der Waals surface area contributed by atoms with Crippen molar-refractivity contribution in [2.75, 3.05) is 0 Å². The SMILES string of the molecule is O=C(O)c1cccc(CNC(=O)[C@@H]2CCC[C@H](C(F)(F)F)C2)c1. The smallest absolute Gasteiger partial charge is 0.391 e. The number of carboxylic acids is 1. The molecule has 1 aromatic carbocycles. The molecule has 1 saturated carbocycles. The van der Waals surface area contributed by atoms with E-state index in [0.717, 1.165) is 0 Å². The lowest BCUT2D eigenvalue weighted by molar-refractivity contribution is -0.186. The fraction of sp³-hybridized carbons (Fsp3) is 0.500. The molecule has 0 spiro atoms. The molecule has 0 aliphatic heterocycles. The highest BCUT2D eigenvalue weighted by atomic mass is 19.4. The molecule has 0 radical (unpaired) electrons. The van der Waals surface area contributed by atoms with E-state index < -0.39 is 29.9 Å². The van der Waals surface area contributed by atoms with E-state index in [4.69, 9.17) is 5.11 Å². The number of rotatable bonds is 4. The van der Waals surface area contributed by atoms with Crippen molar-refractivity contribution in [2.45, 2.75) is 38.4 Å². The van der Waals surface area contributed by atoms with E-state index in [2.05, 4.69) is 5.32 Å². The number of aromatic carboxylic acids is 1. The first-order valence-electron chi connectivity index (χ1n) is 7.44. The van der Waals surface area contributed by atoms with E-state index in [0.29, 0.717) is 18.4 Å². The first-order valence-corrected chi connectivity index (χ1v) is 7.44. The number of alkyl halides is 3. The molecule has 0 saturated heterocycles. The zero-order valence-corrected chi connectivity index (χ0v) is 12.4. The number of carboxylic acid groups (broad SMARTS) is 1. The highest BCUT2D eigenvalue weighted by Crippen LogP contribution is 2.39. The van der Waals surface area contributed by atoms with Crippen molar-refractivity contribution < 1.29 is 27.9 Å². The zero-order valence-electron chi connectivity index (χ0n) is 12.4. The number of amides is 1. The van der Waals surface area contributed by atoms with Crippen molar-refractivity contribution in [3.05, 3.63) is 35.4 Å². The molecule has 1 fully saturated rings. The summed E-state index contributed by atoms with van der Waals surface area (Å²) in [4.78, 5) is 22.9. The molecule has 2 atom stereocenters. The number of hydrogen-bond donors (Lipinski definition) is 2. The van der Waals surface area contributed by atoms with Crippen LogP contribution in [0, 0.1) is 11.8 Å². The number of carbonyl (C=O) groups is 2. The largest absolute Gasteiger partial charge is 0.478 e. The Hall–Kier alpha value is -2.05. The minimum Gasteiger partial charge on any atom is -0.478 e. The summed E-state index contributed by atoms with van der Waals surface area (Å²) in [6.07, 6.45) is -3.52. The Morgan fingerprint density at radius 3 is 2.65 bits per heavy atom. The van der Waals surface area contributed by atoms with Crippen LogP contribution in [0.2, 0.25) is 0 Å². The summed E-state index contributed by atoms with van der Waals surface area (Å²) in [5.41, 5.74) is 0.702. The molecule has 1 aliphatic rings. The molecule has 1 aromatic rings. The Morgan fingerprint density at radius 2 is 2.00 bits per heavy atom.